The number of rotatable bonds is 4. The molecule has 7 nitrogen and oxygen atoms in total. The average Bonchev–Trinajstić information content (AvgIpc) is 3.61. The molecular weight excluding hydrogens is 500 g/mol. The molecule has 0 bridgehead atoms. The SMILES string of the molecule is C[C@@H]1c2ccccc2CCN1C(=O)c1cc(C2CC2)n2nc(-c3ccc(N4C[C@@H](F)[C@@H](O)C4)cc3F)cc2n1. The van der Waals surface area contributed by atoms with E-state index < -0.39 is 18.1 Å². The molecule has 0 unspecified atom stereocenters. The van der Waals surface area contributed by atoms with Gasteiger partial charge in [-0.15, -0.1) is 0 Å². The molecule has 3 aliphatic rings. The van der Waals surface area contributed by atoms with Crippen molar-refractivity contribution in [2.75, 3.05) is 24.5 Å². The summed E-state index contributed by atoms with van der Waals surface area (Å²) in [5, 5.41) is 14.4. The van der Waals surface area contributed by atoms with Gasteiger partial charge in [0.05, 0.1) is 18.3 Å². The van der Waals surface area contributed by atoms with Crippen LogP contribution in [-0.4, -0.2) is 62.4 Å². The fourth-order valence-corrected chi connectivity index (χ4v) is 5.97. The maximum absolute atomic E-state index is 15.3. The second-order valence-electron chi connectivity index (χ2n) is 10.9. The zero-order valence-corrected chi connectivity index (χ0v) is 21.6. The number of amides is 1. The Morgan fingerprint density at radius 2 is 1.90 bits per heavy atom. The van der Waals surface area contributed by atoms with E-state index in [1.54, 1.807) is 27.6 Å². The average molecular weight is 530 g/mol. The number of aliphatic hydroxyl groups is 1. The standard InChI is InChI=1S/C30H29F2N5O2/c1-17-21-5-3-2-4-18(21)10-11-36(17)30(39)26-13-27(19-6-7-19)37-29(33-26)14-25(34-37)22-9-8-20(12-23(22)31)35-15-24(32)28(38)16-35/h2-5,8-9,12-14,17,19,24,28,38H,6-7,10-11,15-16H2,1H3/t17-,24-,28+/m1/s1. The number of fused-ring (bicyclic) bond motifs is 2. The number of benzene rings is 2. The van der Waals surface area contributed by atoms with Crippen LogP contribution in [0.3, 0.4) is 0 Å². The van der Waals surface area contributed by atoms with Crippen molar-refractivity contribution in [1.29, 1.82) is 0 Å². The van der Waals surface area contributed by atoms with Crippen molar-refractivity contribution in [3.8, 4) is 11.3 Å². The van der Waals surface area contributed by atoms with Crippen molar-refractivity contribution in [2.45, 2.75) is 50.4 Å². The Balaban J connectivity index is 1.22. The van der Waals surface area contributed by atoms with Crippen LogP contribution in [-0.2, 0) is 6.42 Å². The highest BCUT2D eigenvalue weighted by Gasteiger charge is 2.33. The van der Waals surface area contributed by atoms with Gasteiger partial charge in [-0.05, 0) is 61.6 Å². The van der Waals surface area contributed by atoms with Gasteiger partial charge < -0.3 is 14.9 Å². The van der Waals surface area contributed by atoms with Gasteiger partial charge in [0.25, 0.3) is 5.91 Å². The minimum Gasteiger partial charge on any atom is -0.388 e. The molecule has 7 rings (SSSR count). The third-order valence-corrected chi connectivity index (χ3v) is 8.34. The van der Waals surface area contributed by atoms with Gasteiger partial charge in [-0.1, -0.05) is 24.3 Å². The van der Waals surface area contributed by atoms with Crippen molar-refractivity contribution in [2.24, 2.45) is 0 Å². The van der Waals surface area contributed by atoms with Gasteiger partial charge in [0.15, 0.2) is 5.65 Å². The Kier molecular flexibility index (Phi) is 5.66. The number of anilines is 1. The van der Waals surface area contributed by atoms with Crippen molar-refractivity contribution in [3.05, 3.63) is 82.9 Å². The fraction of sp³-hybridized carbons (Fsp3) is 0.367. The summed E-state index contributed by atoms with van der Waals surface area (Å²) in [6, 6.07) is 16.4. The highest BCUT2D eigenvalue weighted by atomic mass is 19.1. The van der Waals surface area contributed by atoms with Crippen LogP contribution >= 0.6 is 0 Å². The van der Waals surface area contributed by atoms with E-state index in [4.69, 9.17) is 4.98 Å². The third-order valence-electron chi connectivity index (χ3n) is 8.34. The maximum Gasteiger partial charge on any atom is 0.273 e. The lowest BCUT2D eigenvalue weighted by Gasteiger charge is -2.35. The first-order chi connectivity index (χ1) is 18.9. The quantitative estimate of drug-likeness (QED) is 0.415. The summed E-state index contributed by atoms with van der Waals surface area (Å²) in [5.41, 5.74) is 5.48. The first-order valence-corrected chi connectivity index (χ1v) is 13.5. The summed E-state index contributed by atoms with van der Waals surface area (Å²) in [7, 11) is 0. The van der Waals surface area contributed by atoms with Gasteiger partial charge in [-0.25, -0.2) is 18.3 Å². The maximum atomic E-state index is 15.3. The summed E-state index contributed by atoms with van der Waals surface area (Å²) >= 11 is 0. The van der Waals surface area contributed by atoms with Gasteiger partial charge in [0.1, 0.15) is 23.8 Å². The van der Waals surface area contributed by atoms with Crippen LogP contribution in [0.1, 0.15) is 59.0 Å². The van der Waals surface area contributed by atoms with Crippen LogP contribution in [0.15, 0.2) is 54.6 Å². The number of β-amino-alcohol motifs (C(OH)–C–C–N with tert-alkyl or cyclic N) is 1. The Hall–Kier alpha value is -3.85. The molecule has 1 saturated heterocycles. The lowest BCUT2D eigenvalue weighted by Crippen LogP contribution is -2.39. The molecule has 1 amide bonds. The summed E-state index contributed by atoms with van der Waals surface area (Å²) in [6.07, 6.45) is 0.402. The number of halogens is 2. The number of hydrogen-bond acceptors (Lipinski definition) is 5. The summed E-state index contributed by atoms with van der Waals surface area (Å²) in [4.78, 5) is 21.9. The number of carbonyl (C=O) groups is 1. The lowest BCUT2D eigenvalue weighted by atomic mass is 9.93. The number of carbonyl (C=O) groups excluding carboxylic acids is 1. The normalized spacial score (nSPS) is 22.9. The van der Waals surface area contributed by atoms with Crippen LogP contribution in [0.5, 0.6) is 0 Å². The molecule has 0 radical (unpaired) electrons. The highest BCUT2D eigenvalue weighted by Crippen LogP contribution is 2.41. The molecule has 9 heteroatoms. The molecular formula is C30H29F2N5O2. The second kappa shape index (κ2) is 9.12. The van der Waals surface area contributed by atoms with Crippen LogP contribution in [0, 0.1) is 5.82 Å². The third kappa shape index (κ3) is 4.16. The van der Waals surface area contributed by atoms with Crippen molar-refractivity contribution >= 4 is 17.2 Å². The Bertz CT molecular complexity index is 1590. The molecule has 2 aromatic carbocycles. The molecule has 1 N–H and O–H groups in total. The number of hydrogen-bond donors (Lipinski definition) is 1. The number of aromatic nitrogens is 3. The Morgan fingerprint density at radius 1 is 1.08 bits per heavy atom. The van der Waals surface area contributed by atoms with E-state index in [9.17, 15) is 14.3 Å². The summed E-state index contributed by atoms with van der Waals surface area (Å²) in [6.45, 7) is 2.83. The Morgan fingerprint density at radius 3 is 2.64 bits per heavy atom. The van der Waals surface area contributed by atoms with E-state index in [0.29, 0.717) is 34.8 Å². The summed E-state index contributed by atoms with van der Waals surface area (Å²) < 4.78 is 30.8. The fourth-order valence-electron chi connectivity index (χ4n) is 5.97. The molecule has 2 fully saturated rings. The summed E-state index contributed by atoms with van der Waals surface area (Å²) in [5.74, 6) is -0.312. The van der Waals surface area contributed by atoms with Gasteiger partial charge >= 0.3 is 0 Å². The predicted octanol–water partition coefficient (Wildman–Crippen LogP) is 4.69. The van der Waals surface area contributed by atoms with Crippen LogP contribution in [0.4, 0.5) is 14.5 Å². The van der Waals surface area contributed by atoms with E-state index in [1.807, 2.05) is 23.1 Å². The predicted molar refractivity (Wildman–Crippen MR) is 143 cm³/mol. The molecule has 4 heterocycles. The first-order valence-electron chi connectivity index (χ1n) is 13.5. The molecule has 200 valence electrons. The number of nitrogens with zero attached hydrogens (tertiary/aromatic N) is 5. The van der Waals surface area contributed by atoms with E-state index >= 15 is 4.39 Å². The molecule has 1 saturated carbocycles. The monoisotopic (exact) mass is 529 g/mol. The van der Waals surface area contributed by atoms with Crippen LogP contribution < -0.4 is 4.90 Å². The van der Waals surface area contributed by atoms with E-state index in [1.165, 1.54) is 11.6 Å². The molecule has 0 spiro atoms. The van der Waals surface area contributed by atoms with Gasteiger partial charge in [0, 0.05) is 42.0 Å². The van der Waals surface area contributed by atoms with Crippen molar-refractivity contribution in [1.82, 2.24) is 19.5 Å². The van der Waals surface area contributed by atoms with Gasteiger partial charge in [-0.2, -0.15) is 5.10 Å². The Labute approximate surface area is 224 Å². The van der Waals surface area contributed by atoms with Crippen molar-refractivity contribution in [3.63, 3.8) is 0 Å². The number of alkyl halides is 1. The highest BCUT2D eigenvalue weighted by molar-refractivity contribution is 5.93. The smallest absolute Gasteiger partial charge is 0.273 e. The lowest BCUT2D eigenvalue weighted by molar-refractivity contribution is 0.0671. The topological polar surface area (TPSA) is 74.0 Å². The van der Waals surface area contributed by atoms with Gasteiger partial charge in [-0.3, -0.25) is 4.79 Å². The van der Waals surface area contributed by atoms with Crippen LogP contribution in [0.2, 0.25) is 0 Å². The molecule has 4 aromatic rings. The molecule has 2 aromatic heterocycles. The van der Waals surface area contributed by atoms with E-state index in [2.05, 4.69) is 24.2 Å². The number of aliphatic hydroxyl groups excluding tert-OH is 1. The van der Waals surface area contributed by atoms with Crippen LogP contribution in [0.25, 0.3) is 16.9 Å². The van der Waals surface area contributed by atoms with Crippen molar-refractivity contribution < 1.29 is 18.7 Å². The van der Waals surface area contributed by atoms with E-state index in [-0.39, 0.29) is 31.0 Å². The zero-order valence-electron chi connectivity index (χ0n) is 21.6. The molecule has 3 atom stereocenters. The largest absolute Gasteiger partial charge is 0.388 e. The zero-order chi connectivity index (χ0) is 26.8. The van der Waals surface area contributed by atoms with Gasteiger partial charge in [0.2, 0.25) is 0 Å². The molecule has 1 aliphatic carbocycles. The molecule has 39 heavy (non-hydrogen) atoms. The minimum atomic E-state index is -1.35. The first kappa shape index (κ1) is 24.2. The minimum absolute atomic E-state index is 0.0288. The second-order valence-corrected chi connectivity index (χ2v) is 10.9. The molecule has 2 aliphatic heterocycles. The van der Waals surface area contributed by atoms with E-state index in [0.717, 1.165) is 30.5 Å².